The van der Waals surface area contributed by atoms with Gasteiger partial charge in [-0.2, -0.15) is 0 Å². The van der Waals surface area contributed by atoms with Crippen molar-refractivity contribution < 1.29 is 14.3 Å². The number of hydrogen-bond donors (Lipinski definition) is 2. The number of fused-ring (bicyclic) bond motifs is 1. The molecule has 0 aliphatic carbocycles. The SMILES string of the molecule is COCC(CNC(=O)[C@H]1Cc2ccccc2CN1)OC. The lowest BCUT2D eigenvalue weighted by atomic mass is 9.95. The van der Waals surface area contributed by atoms with Crippen molar-refractivity contribution >= 4 is 5.91 Å². The lowest BCUT2D eigenvalue weighted by Crippen LogP contribution is -2.49. The summed E-state index contributed by atoms with van der Waals surface area (Å²) >= 11 is 0. The number of nitrogens with one attached hydrogen (secondary N) is 2. The highest BCUT2D eigenvalue weighted by molar-refractivity contribution is 5.82. The molecule has 2 atom stereocenters. The van der Waals surface area contributed by atoms with Gasteiger partial charge in [-0.25, -0.2) is 0 Å². The van der Waals surface area contributed by atoms with Gasteiger partial charge in [-0.15, -0.1) is 0 Å². The summed E-state index contributed by atoms with van der Waals surface area (Å²) in [5.41, 5.74) is 2.51. The zero-order valence-corrected chi connectivity index (χ0v) is 12.0. The van der Waals surface area contributed by atoms with Gasteiger partial charge in [-0.1, -0.05) is 24.3 Å². The van der Waals surface area contributed by atoms with Gasteiger partial charge in [0, 0.05) is 27.3 Å². The van der Waals surface area contributed by atoms with E-state index in [2.05, 4.69) is 22.8 Å². The van der Waals surface area contributed by atoms with Crippen LogP contribution in [-0.4, -0.2) is 45.4 Å². The molecule has 1 heterocycles. The zero-order chi connectivity index (χ0) is 14.4. The molecular weight excluding hydrogens is 256 g/mol. The van der Waals surface area contributed by atoms with Crippen LogP contribution in [0.1, 0.15) is 11.1 Å². The van der Waals surface area contributed by atoms with Crippen molar-refractivity contribution in [2.75, 3.05) is 27.4 Å². The lowest BCUT2D eigenvalue weighted by Gasteiger charge is -2.26. The minimum absolute atomic E-state index is 0.0117. The second kappa shape index (κ2) is 7.38. The van der Waals surface area contributed by atoms with E-state index in [9.17, 15) is 4.79 Å². The van der Waals surface area contributed by atoms with E-state index in [1.807, 2.05) is 12.1 Å². The Morgan fingerprint density at radius 1 is 1.40 bits per heavy atom. The Bertz CT molecular complexity index is 450. The molecule has 1 aromatic carbocycles. The van der Waals surface area contributed by atoms with Gasteiger partial charge in [0.05, 0.1) is 18.8 Å². The Kier molecular flexibility index (Phi) is 5.52. The predicted octanol–water partition coefficient (Wildman–Crippen LogP) is 0.479. The third-order valence-corrected chi connectivity index (χ3v) is 3.59. The molecule has 110 valence electrons. The summed E-state index contributed by atoms with van der Waals surface area (Å²) in [6.07, 6.45) is 0.615. The molecule has 1 amide bonds. The van der Waals surface area contributed by atoms with Gasteiger partial charge in [0.1, 0.15) is 0 Å². The number of carbonyl (C=O) groups excluding carboxylic acids is 1. The molecule has 1 aromatic rings. The van der Waals surface area contributed by atoms with Crippen molar-refractivity contribution in [3.8, 4) is 0 Å². The summed E-state index contributed by atoms with van der Waals surface area (Å²) < 4.78 is 10.3. The van der Waals surface area contributed by atoms with Crippen molar-refractivity contribution in [2.45, 2.75) is 25.1 Å². The molecule has 0 aromatic heterocycles. The Morgan fingerprint density at radius 2 is 2.15 bits per heavy atom. The fourth-order valence-electron chi connectivity index (χ4n) is 2.37. The van der Waals surface area contributed by atoms with E-state index < -0.39 is 0 Å². The van der Waals surface area contributed by atoms with Crippen LogP contribution in [-0.2, 0) is 27.2 Å². The number of benzene rings is 1. The molecule has 2 rings (SSSR count). The second-order valence-electron chi connectivity index (χ2n) is 4.96. The summed E-state index contributed by atoms with van der Waals surface area (Å²) in [6.45, 7) is 1.67. The van der Waals surface area contributed by atoms with Crippen LogP contribution in [0.5, 0.6) is 0 Å². The average Bonchev–Trinajstić information content (AvgIpc) is 2.50. The largest absolute Gasteiger partial charge is 0.382 e. The molecule has 0 spiro atoms. The number of methoxy groups -OCH3 is 2. The molecule has 1 aliphatic heterocycles. The molecule has 5 nitrogen and oxygen atoms in total. The maximum Gasteiger partial charge on any atom is 0.237 e. The van der Waals surface area contributed by atoms with Gasteiger partial charge >= 0.3 is 0 Å². The Morgan fingerprint density at radius 3 is 2.85 bits per heavy atom. The summed E-state index contributed by atoms with van der Waals surface area (Å²) in [4.78, 5) is 12.2. The third-order valence-electron chi connectivity index (χ3n) is 3.59. The van der Waals surface area contributed by atoms with Crippen molar-refractivity contribution in [2.24, 2.45) is 0 Å². The third kappa shape index (κ3) is 3.79. The predicted molar refractivity (Wildman–Crippen MR) is 76.5 cm³/mol. The van der Waals surface area contributed by atoms with E-state index in [0.29, 0.717) is 13.2 Å². The fourth-order valence-corrected chi connectivity index (χ4v) is 2.37. The summed E-state index contributed by atoms with van der Waals surface area (Å²) in [6, 6.07) is 8.04. The first-order valence-electron chi connectivity index (χ1n) is 6.84. The molecule has 0 fully saturated rings. The average molecular weight is 278 g/mol. The van der Waals surface area contributed by atoms with Gasteiger partial charge < -0.3 is 20.1 Å². The van der Waals surface area contributed by atoms with Crippen LogP contribution in [0.4, 0.5) is 0 Å². The molecule has 0 radical (unpaired) electrons. The van der Waals surface area contributed by atoms with Crippen molar-refractivity contribution in [1.29, 1.82) is 0 Å². The van der Waals surface area contributed by atoms with E-state index in [4.69, 9.17) is 9.47 Å². The molecular formula is C15H22N2O3. The monoisotopic (exact) mass is 278 g/mol. The molecule has 1 unspecified atom stereocenters. The smallest absolute Gasteiger partial charge is 0.237 e. The van der Waals surface area contributed by atoms with Crippen molar-refractivity contribution in [1.82, 2.24) is 10.6 Å². The van der Waals surface area contributed by atoms with Crippen LogP contribution in [0.3, 0.4) is 0 Å². The standard InChI is InChI=1S/C15H22N2O3/c1-19-10-13(20-2)9-17-15(18)14-7-11-5-3-4-6-12(11)8-16-14/h3-6,13-14,16H,7-10H2,1-2H3,(H,17,18)/t13?,14-/m1/s1. The maximum atomic E-state index is 12.2. The number of amides is 1. The van der Waals surface area contributed by atoms with E-state index in [1.165, 1.54) is 11.1 Å². The minimum atomic E-state index is -0.176. The van der Waals surface area contributed by atoms with Crippen LogP contribution in [0, 0.1) is 0 Å². The van der Waals surface area contributed by atoms with E-state index in [-0.39, 0.29) is 18.1 Å². The maximum absolute atomic E-state index is 12.2. The zero-order valence-electron chi connectivity index (χ0n) is 12.0. The molecule has 1 aliphatic rings. The van der Waals surface area contributed by atoms with Crippen molar-refractivity contribution in [3.05, 3.63) is 35.4 Å². The van der Waals surface area contributed by atoms with Gasteiger partial charge in [0.2, 0.25) is 5.91 Å². The normalized spacial score (nSPS) is 19.2. The Balaban J connectivity index is 1.85. The summed E-state index contributed by atoms with van der Waals surface area (Å²) in [5.74, 6) is 0.0117. The fraction of sp³-hybridized carbons (Fsp3) is 0.533. The van der Waals surface area contributed by atoms with Crippen LogP contribution >= 0.6 is 0 Å². The molecule has 0 bridgehead atoms. The second-order valence-corrected chi connectivity index (χ2v) is 4.96. The first kappa shape index (κ1) is 15.0. The first-order chi connectivity index (χ1) is 9.74. The Hall–Kier alpha value is -1.43. The van der Waals surface area contributed by atoms with Gasteiger partial charge in [0.25, 0.3) is 0 Å². The van der Waals surface area contributed by atoms with Gasteiger partial charge in [-0.05, 0) is 17.5 Å². The molecule has 2 N–H and O–H groups in total. The van der Waals surface area contributed by atoms with Crippen LogP contribution in [0.15, 0.2) is 24.3 Å². The number of rotatable bonds is 6. The molecule has 20 heavy (non-hydrogen) atoms. The first-order valence-corrected chi connectivity index (χ1v) is 6.84. The van der Waals surface area contributed by atoms with Crippen LogP contribution in [0.2, 0.25) is 0 Å². The molecule has 0 saturated carbocycles. The highest BCUT2D eigenvalue weighted by atomic mass is 16.5. The number of hydrogen-bond acceptors (Lipinski definition) is 4. The van der Waals surface area contributed by atoms with E-state index in [1.54, 1.807) is 14.2 Å². The Labute approximate surface area is 119 Å². The molecule has 5 heteroatoms. The molecule has 0 saturated heterocycles. The summed E-state index contributed by atoms with van der Waals surface area (Å²) in [7, 11) is 3.23. The van der Waals surface area contributed by atoms with Crippen LogP contribution < -0.4 is 10.6 Å². The summed E-state index contributed by atoms with van der Waals surface area (Å²) in [5, 5.41) is 6.18. The van der Waals surface area contributed by atoms with E-state index in [0.717, 1.165) is 13.0 Å². The van der Waals surface area contributed by atoms with Gasteiger partial charge in [-0.3, -0.25) is 4.79 Å². The van der Waals surface area contributed by atoms with Crippen LogP contribution in [0.25, 0.3) is 0 Å². The van der Waals surface area contributed by atoms with E-state index >= 15 is 0 Å². The number of carbonyl (C=O) groups is 1. The highest BCUT2D eigenvalue weighted by Crippen LogP contribution is 2.16. The lowest BCUT2D eigenvalue weighted by molar-refractivity contribution is -0.124. The topological polar surface area (TPSA) is 59.6 Å². The van der Waals surface area contributed by atoms with Gasteiger partial charge in [0.15, 0.2) is 0 Å². The number of ether oxygens (including phenoxy) is 2. The minimum Gasteiger partial charge on any atom is -0.382 e. The quantitative estimate of drug-likeness (QED) is 0.794. The van der Waals surface area contributed by atoms with Crippen molar-refractivity contribution in [3.63, 3.8) is 0 Å². The highest BCUT2D eigenvalue weighted by Gasteiger charge is 2.24.